The van der Waals surface area contributed by atoms with Crippen molar-refractivity contribution < 1.29 is 4.74 Å². The summed E-state index contributed by atoms with van der Waals surface area (Å²) in [5.74, 6) is 0.986. The second-order valence-corrected chi connectivity index (χ2v) is 4.49. The molecule has 0 aliphatic carbocycles. The highest BCUT2D eigenvalue weighted by Gasteiger charge is 2.07. The Kier molecular flexibility index (Phi) is 5.88. The number of benzene rings is 1. The number of anilines is 1. The van der Waals surface area contributed by atoms with Crippen molar-refractivity contribution in [3.8, 4) is 5.75 Å². The van der Waals surface area contributed by atoms with Gasteiger partial charge in [-0.1, -0.05) is 26.3 Å². The molecule has 0 amide bonds. The number of hydrogen-bond acceptors (Lipinski definition) is 2. The van der Waals surface area contributed by atoms with E-state index in [0.29, 0.717) is 0 Å². The van der Waals surface area contributed by atoms with Crippen molar-refractivity contribution in [2.75, 3.05) is 25.1 Å². The largest absolute Gasteiger partial charge is 0.496 e. The van der Waals surface area contributed by atoms with Crippen molar-refractivity contribution in [1.82, 2.24) is 0 Å². The normalized spacial score (nSPS) is 10.4. The van der Waals surface area contributed by atoms with Gasteiger partial charge in [0.2, 0.25) is 0 Å². The molecule has 0 aromatic heterocycles. The van der Waals surface area contributed by atoms with Crippen LogP contribution >= 0.6 is 0 Å². The van der Waals surface area contributed by atoms with E-state index in [1.165, 1.54) is 30.5 Å². The Morgan fingerprint density at radius 3 is 2.47 bits per heavy atom. The molecule has 0 bridgehead atoms. The van der Waals surface area contributed by atoms with Gasteiger partial charge in [-0.25, -0.2) is 0 Å². The van der Waals surface area contributed by atoms with Gasteiger partial charge < -0.3 is 9.64 Å². The minimum absolute atomic E-state index is 0.986. The molecule has 1 aromatic carbocycles. The highest BCUT2D eigenvalue weighted by Crippen LogP contribution is 2.25. The number of nitrogens with zero attached hydrogens (tertiary/aromatic N) is 1. The standard InChI is InChI=1S/C15H25NO/c1-5-7-11-16(10-6-2)14-9-8-13(3)15(12-14)17-4/h8-9,12H,5-7,10-11H2,1-4H3. The molecule has 0 N–H and O–H groups in total. The van der Waals surface area contributed by atoms with E-state index in [0.717, 1.165) is 18.8 Å². The van der Waals surface area contributed by atoms with Gasteiger partial charge in [0.1, 0.15) is 5.75 Å². The van der Waals surface area contributed by atoms with Crippen molar-refractivity contribution in [3.63, 3.8) is 0 Å². The van der Waals surface area contributed by atoms with E-state index in [4.69, 9.17) is 4.74 Å². The van der Waals surface area contributed by atoms with E-state index < -0.39 is 0 Å². The summed E-state index contributed by atoms with van der Waals surface area (Å²) in [5, 5.41) is 0. The number of rotatable bonds is 7. The molecule has 0 atom stereocenters. The van der Waals surface area contributed by atoms with Crippen LogP contribution in [0.2, 0.25) is 0 Å². The zero-order valence-corrected chi connectivity index (χ0v) is 11.6. The summed E-state index contributed by atoms with van der Waals surface area (Å²) in [7, 11) is 1.74. The Morgan fingerprint density at radius 2 is 1.88 bits per heavy atom. The van der Waals surface area contributed by atoms with Gasteiger partial charge in [0, 0.05) is 24.8 Å². The monoisotopic (exact) mass is 235 g/mol. The molecule has 0 fully saturated rings. The van der Waals surface area contributed by atoms with E-state index in [1.807, 2.05) is 0 Å². The van der Waals surface area contributed by atoms with Crippen LogP contribution in [0.15, 0.2) is 18.2 Å². The van der Waals surface area contributed by atoms with Gasteiger partial charge in [-0.15, -0.1) is 0 Å². The third-order valence-electron chi connectivity index (χ3n) is 3.03. The Hall–Kier alpha value is -1.18. The van der Waals surface area contributed by atoms with E-state index in [-0.39, 0.29) is 0 Å². The molecular formula is C15H25NO. The molecule has 0 radical (unpaired) electrons. The molecule has 0 aliphatic rings. The molecule has 0 heterocycles. The lowest BCUT2D eigenvalue weighted by molar-refractivity contribution is 0.411. The van der Waals surface area contributed by atoms with Crippen LogP contribution < -0.4 is 9.64 Å². The third-order valence-corrected chi connectivity index (χ3v) is 3.03. The summed E-state index contributed by atoms with van der Waals surface area (Å²) in [6.07, 6.45) is 3.67. The van der Waals surface area contributed by atoms with Crippen LogP contribution in [-0.4, -0.2) is 20.2 Å². The lowest BCUT2D eigenvalue weighted by Gasteiger charge is -2.25. The highest BCUT2D eigenvalue weighted by molar-refractivity contribution is 5.53. The van der Waals surface area contributed by atoms with Gasteiger partial charge in [0.05, 0.1) is 7.11 Å². The number of hydrogen-bond donors (Lipinski definition) is 0. The molecular weight excluding hydrogens is 210 g/mol. The highest BCUT2D eigenvalue weighted by atomic mass is 16.5. The summed E-state index contributed by atoms with van der Waals surface area (Å²) >= 11 is 0. The van der Waals surface area contributed by atoms with Crippen molar-refractivity contribution in [2.24, 2.45) is 0 Å². The molecule has 2 heteroatoms. The second-order valence-electron chi connectivity index (χ2n) is 4.49. The second kappa shape index (κ2) is 7.21. The average Bonchev–Trinajstić information content (AvgIpc) is 2.35. The van der Waals surface area contributed by atoms with Crippen LogP contribution in [0.5, 0.6) is 5.75 Å². The average molecular weight is 235 g/mol. The van der Waals surface area contributed by atoms with Gasteiger partial charge >= 0.3 is 0 Å². The molecule has 0 saturated heterocycles. The predicted molar refractivity (Wildman–Crippen MR) is 75.1 cm³/mol. The summed E-state index contributed by atoms with van der Waals surface area (Å²) < 4.78 is 5.39. The topological polar surface area (TPSA) is 12.5 Å². The maximum absolute atomic E-state index is 5.39. The molecule has 0 unspecified atom stereocenters. The van der Waals surface area contributed by atoms with Crippen LogP contribution in [0.3, 0.4) is 0 Å². The molecule has 0 aliphatic heterocycles. The fourth-order valence-corrected chi connectivity index (χ4v) is 1.99. The van der Waals surface area contributed by atoms with Crippen molar-refractivity contribution in [2.45, 2.75) is 40.0 Å². The Bertz CT molecular complexity index is 336. The lowest BCUT2D eigenvalue weighted by atomic mass is 10.1. The van der Waals surface area contributed by atoms with Crippen molar-refractivity contribution in [1.29, 1.82) is 0 Å². The van der Waals surface area contributed by atoms with Crippen molar-refractivity contribution in [3.05, 3.63) is 23.8 Å². The van der Waals surface area contributed by atoms with Crippen LogP contribution in [-0.2, 0) is 0 Å². The summed E-state index contributed by atoms with van der Waals surface area (Å²) in [6, 6.07) is 6.49. The van der Waals surface area contributed by atoms with Gasteiger partial charge in [0.25, 0.3) is 0 Å². The van der Waals surface area contributed by atoms with Crippen LogP contribution in [0, 0.1) is 6.92 Å². The molecule has 0 saturated carbocycles. The maximum atomic E-state index is 5.39. The van der Waals surface area contributed by atoms with Gasteiger partial charge in [0.15, 0.2) is 0 Å². The number of ether oxygens (including phenoxy) is 1. The molecule has 1 aromatic rings. The van der Waals surface area contributed by atoms with E-state index in [1.54, 1.807) is 7.11 Å². The van der Waals surface area contributed by atoms with E-state index >= 15 is 0 Å². The Morgan fingerprint density at radius 1 is 1.12 bits per heavy atom. The first-order chi connectivity index (χ1) is 8.22. The van der Waals surface area contributed by atoms with Gasteiger partial charge in [-0.3, -0.25) is 0 Å². The third kappa shape index (κ3) is 3.95. The predicted octanol–water partition coefficient (Wildman–Crippen LogP) is 4.02. The zero-order chi connectivity index (χ0) is 12.7. The summed E-state index contributed by atoms with van der Waals surface area (Å²) in [5.41, 5.74) is 2.48. The Labute approximate surface area is 106 Å². The van der Waals surface area contributed by atoms with E-state index in [9.17, 15) is 0 Å². The number of methoxy groups -OCH3 is 1. The number of aryl methyl sites for hydroxylation is 1. The molecule has 1 rings (SSSR count). The fourth-order valence-electron chi connectivity index (χ4n) is 1.99. The van der Waals surface area contributed by atoms with Crippen molar-refractivity contribution >= 4 is 5.69 Å². The minimum Gasteiger partial charge on any atom is -0.496 e. The lowest BCUT2D eigenvalue weighted by Crippen LogP contribution is -2.25. The quantitative estimate of drug-likeness (QED) is 0.707. The SMILES string of the molecule is CCCCN(CCC)c1ccc(C)c(OC)c1. The first-order valence-electron chi connectivity index (χ1n) is 6.62. The smallest absolute Gasteiger partial charge is 0.123 e. The Balaban J connectivity index is 2.85. The van der Waals surface area contributed by atoms with Crippen LogP contribution in [0.1, 0.15) is 38.7 Å². The number of unbranched alkanes of at least 4 members (excludes halogenated alkanes) is 1. The molecule has 96 valence electrons. The molecule has 0 spiro atoms. The first kappa shape index (κ1) is 13.9. The van der Waals surface area contributed by atoms with Gasteiger partial charge in [-0.05, 0) is 31.4 Å². The van der Waals surface area contributed by atoms with Crippen LogP contribution in [0.4, 0.5) is 5.69 Å². The van der Waals surface area contributed by atoms with Crippen LogP contribution in [0.25, 0.3) is 0 Å². The summed E-state index contributed by atoms with van der Waals surface area (Å²) in [4.78, 5) is 2.45. The summed E-state index contributed by atoms with van der Waals surface area (Å²) in [6.45, 7) is 8.80. The fraction of sp³-hybridized carbons (Fsp3) is 0.600. The van der Waals surface area contributed by atoms with E-state index in [2.05, 4.69) is 43.9 Å². The van der Waals surface area contributed by atoms with Gasteiger partial charge in [-0.2, -0.15) is 0 Å². The first-order valence-corrected chi connectivity index (χ1v) is 6.62. The zero-order valence-electron chi connectivity index (χ0n) is 11.6. The molecule has 17 heavy (non-hydrogen) atoms. The molecule has 2 nitrogen and oxygen atoms in total. The maximum Gasteiger partial charge on any atom is 0.123 e. The minimum atomic E-state index is 0.986.